The molecule has 0 aromatic heterocycles. The summed E-state index contributed by atoms with van der Waals surface area (Å²) in [7, 11) is 1.96. The third kappa shape index (κ3) is 1.91. The van der Waals surface area contributed by atoms with Gasteiger partial charge in [0, 0.05) is 10.6 Å². The second-order valence-electron chi connectivity index (χ2n) is 3.94. The van der Waals surface area contributed by atoms with E-state index < -0.39 is 0 Å². The molecule has 1 saturated carbocycles. The van der Waals surface area contributed by atoms with Gasteiger partial charge in [0.1, 0.15) is 5.82 Å². The second kappa shape index (κ2) is 3.52. The average Bonchev–Trinajstić information content (AvgIpc) is 2.91. The normalized spacial score (nSPS) is 18.2. The predicted molar refractivity (Wildman–Crippen MR) is 56.1 cm³/mol. The van der Waals surface area contributed by atoms with E-state index in [4.69, 9.17) is 11.6 Å². The zero-order valence-corrected chi connectivity index (χ0v) is 8.87. The standard InChI is InChI=1S/C11H13ClFN/c1-14-11(4-5-11)7-8-2-3-9(13)6-10(8)12/h2-3,6,14H,4-5,7H2,1H3. The Bertz CT molecular complexity index is 347. The van der Waals surface area contributed by atoms with Gasteiger partial charge in [-0.25, -0.2) is 4.39 Å². The molecule has 76 valence electrons. The number of likely N-dealkylation sites (N-methyl/N-ethyl adjacent to an activating group) is 1. The van der Waals surface area contributed by atoms with Crippen molar-refractivity contribution in [3.05, 3.63) is 34.6 Å². The summed E-state index contributed by atoms with van der Waals surface area (Å²) >= 11 is 5.95. The van der Waals surface area contributed by atoms with Crippen LogP contribution in [0.4, 0.5) is 4.39 Å². The number of rotatable bonds is 3. The molecule has 0 bridgehead atoms. The molecule has 14 heavy (non-hydrogen) atoms. The fraction of sp³-hybridized carbons (Fsp3) is 0.455. The van der Waals surface area contributed by atoms with E-state index in [0.29, 0.717) is 5.02 Å². The summed E-state index contributed by atoms with van der Waals surface area (Å²) in [6.07, 6.45) is 3.25. The molecule has 1 aromatic rings. The molecule has 2 rings (SSSR count). The molecule has 1 aromatic carbocycles. The first-order chi connectivity index (χ1) is 6.65. The summed E-state index contributed by atoms with van der Waals surface area (Å²) < 4.78 is 12.8. The molecule has 1 aliphatic rings. The highest BCUT2D eigenvalue weighted by Gasteiger charge is 2.41. The van der Waals surface area contributed by atoms with E-state index in [2.05, 4.69) is 5.32 Å². The van der Waals surface area contributed by atoms with E-state index in [1.54, 1.807) is 6.07 Å². The van der Waals surface area contributed by atoms with Gasteiger partial charge in [0.15, 0.2) is 0 Å². The van der Waals surface area contributed by atoms with Gasteiger partial charge in [-0.05, 0) is 44.0 Å². The highest BCUT2D eigenvalue weighted by molar-refractivity contribution is 6.31. The van der Waals surface area contributed by atoms with E-state index >= 15 is 0 Å². The Morgan fingerprint density at radius 1 is 1.50 bits per heavy atom. The third-order valence-electron chi connectivity index (χ3n) is 2.93. The van der Waals surface area contributed by atoms with Gasteiger partial charge in [-0.2, -0.15) is 0 Å². The zero-order chi connectivity index (χ0) is 10.2. The molecule has 3 heteroatoms. The van der Waals surface area contributed by atoms with E-state index in [1.807, 2.05) is 7.05 Å². The molecule has 0 amide bonds. The Kier molecular flexibility index (Phi) is 2.50. The number of nitrogens with one attached hydrogen (secondary N) is 1. The monoisotopic (exact) mass is 213 g/mol. The minimum Gasteiger partial charge on any atom is -0.314 e. The molecule has 0 saturated heterocycles. The van der Waals surface area contributed by atoms with Gasteiger partial charge in [-0.15, -0.1) is 0 Å². The van der Waals surface area contributed by atoms with Crippen molar-refractivity contribution in [3.8, 4) is 0 Å². The molecule has 1 nitrogen and oxygen atoms in total. The first-order valence-corrected chi connectivity index (χ1v) is 5.16. The minimum absolute atomic E-state index is 0.224. The quantitative estimate of drug-likeness (QED) is 0.814. The number of benzene rings is 1. The van der Waals surface area contributed by atoms with Crippen LogP contribution in [-0.2, 0) is 6.42 Å². The lowest BCUT2D eigenvalue weighted by atomic mass is 10.0. The van der Waals surface area contributed by atoms with Crippen LogP contribution in [-0.4, -0.2) is 12.6 Å². The Balaban J connectivity index is 2.17. The predicted octanol–water partition coefficient (Wildman–Crippen LogP) is 2.77. The van der Waals surface area contributed by atoms with Crippen molar-refractivity contribution in [3.63, 3.8) is 0 Å². The summed E-state index contributed by atoms with van der Waals surface area (Å²) in [5, 5.41) is 3.82. The van der Waals surface area contributed by atoms with Gasteiger partial charge >= 0.3 is 0 Å². The van der Waals surface area contributed by atoms with Crippen LogP contribution in [0.2, 0.25) is 5.02 Å². The molecular formula is C11H13ClFN. The molecule has 0 unspecified atom stereocenters. The maximum Gasteiger partial charge on any atom is 0.124 e. The average molecular weight is 214 g/mol. The number of hydrogen-bond acceptors (Lipinski definition) is 1. The minimum atomic E-state index is -0.270. The fourth-order valence-electron chi connectivity index (χ4n) is 1.70. The highest BCUT2D eigenvalue weighted by Crippen LogP contribution is 2.39. The molecule has 0 heterocycles. The summed E-state index contributed by atoms with van der Waals surface area (Å²) in [5.74, 6) is -0.270. The molecule has 0 spiro atoms. The van der Waals surface area contributed by atoms with E-state index in [9.17, 15) is 4.39 Å². The maximum absolute atomic E-state index is 12.8. The van der Waals surface area contributed by atoms with Crippen molar-refractivity contribution in [2.75, 3.05) is 7.05 Å². The van der Waals surface area contributed by atoms with Crippen molar-refractivity contribution < 1.29 is 4.39 Å². The van der Waals surface area contributed by atoms with Crippen LogP contribution >= 0.6 is 11.6 Å². The lowest BCUT2D eigenvalue weighted by Gasteiger charge is -2.14. The summed E-state index contributed by atoms with van der Waals surface area (Å²) in [5.41, 5.74) is 1.25. The van der Waals surface area contributed by atoms with Crippen molar-refractivity contribution in [1.82, 2.24) is 5.32 Å². The molecular weight excluding hydrogens is 201 g/mol. The zero-order valence-electron chi connectivity index (χ0n) is 8.11. The topological polar surface area (TPSA) is 12.0 Å². The fourth-order valence-corrected chi connectivity index (χ4v) is 1.93. The third-order valence-corrected chi connectivity index (χ3v) is 3.28. The van der Waals surface area contributed by atoms with Crippen LogP contribution in [0.1, 0.15) is 18.4 Å². The van der Waals surface area contributed by atoms with Gasteiger partial charge in [0.05, 0.1) is 0 Å². The van der Waals surface area contributed by atoms with Crippen molar-refractivity contribution in [1.29, 1.82) is 0 Å². The lowest BCUT2D eigenvalue weighted by molar-refractivity contribution is 0.547. The maximum atomic E-state index is 12.8. The molecule has 1 N–H and O–H groups in total. The Hall–Kier alpha value is -0.600. The highest BCUT2D eigenvalue weighted by atomic mass is 35.5. The number of hydrogen-bond donors (Lipinski definition) is 1. The van der Waals surface area contributed by atoms with Crippen LogP contribution in [0, 0.1) is 5.82 Å². The van der Waals surface area contributed by atoms with E-state index in [-0.39, 0.29) is 11.4 Å². The van der Waals surface area contributed by atoms with Crippen molar-refractivity contribution in [2.45, 2.75) is 24.8 Å². The van der Waals surface area contributed by atoms with Gasteiger partial charge in [0.2, 0.25) is 0 Å². The van der Waals surface area contributed by atoms with Gasteiger partial charge in [0.25, 0.3) is 0 Å². The first kappa shape index (κ1) is 9.94. The molecule has 1 fully saturated rings. The Labute approximate surface area is 88.3 Å². The van der Waals surface area contributed by atoms with Crippen LogP contribution in [0.3, 0.4) is 0 Å². The Morgan fingerprint density at radius 3 is 2.71 bits per heavy atom. The van der Waals surface area contributed by atoms with Gasteiger partial charge in [-0.3, -0.25) is 0 Å². The lowest BCUT2D eigenvalue weighted by Crippen LogP contribution is -2.29. The van der Waals surface area contributed by atoms with Crippen LogP contribution < -0.4 is 5.32 Å². The second-order valence-corrected chi connectivity index (χ2v) is 4.35. The molecule has 0 aliphatic heterocycles. The van der Waals surface area contributed by atoms with Crippen molar-refractivity contribution in [2.24, 2.45) is 0 Å². The van der Waals surface area contributed by atoms with Crippen LogP contribution in [0.25, 0.3) is 0 Å². The molecule has 0 atom stereocenters. The van der Waals surface area contributed by atoms with Gasteiger partial charge in [-0.1, -0.05) is 17.7 Å². The largest absolute Gasteiger partial charge is 0.314 e. The first-order valence-electron chi connectivity index (χ1n) is 4.78. The molecule has 1 aliphatic carbocycles. The summed E-state index contributed by atoms with van der Waals surface area (Å²) in [4.78, 5) is 0. The number of halogens is 2. The van der Waals surface area contributed by atoms with Crippen LogP contribution in [0.15, 0.2) is 18.2 Å². The van der Waals surface area contributed by atoms with E-state index in [1.165, 1.54) is 25.0 Å². The van der Waals surface area contributed by atoms with E-state index in [0.717, 1.165) is 12.0 Å². The SMILES string of the molecule is CNC1(Cc2ccc(F)cc2Cl)CC1. The Morgan fingerprint density at radius 2 is 2.21 bits per heavy atom. The molecule has 0 radical (unpaired) electrons. The van der Waals surface area contributed by atoms with Crippen molar-refractivity contribution >= 4 is 11.6 Å². The van der Waals surface area contributed by atoms with Gasteiger partial charge < -0.3 is 5.32 Å². The summed E-state index contributed by atoms with van der Waals surface area (Å²) in [6, 6.07) is 4.62. The smallest absolute Gasteiger partial charge is 0.124 e. The van der Waals surface area contributed by atoms with Crippen LogP contribution in [0.5, 0.6) is 0 Å². The summed E-state index contributed by atoms with van der Waals surface area (Å²) in [6.45, 7) is 0.